The highest BCUT2D eigenvalue weighted by Gasteiger charge is 2.40. The molecule has 2 aliphatic heterocycles. The number of aryl methyl sites for hydroxylation is 1. The molecular formula is C43H28BNO3. The number of para-hydroxylation sites is 3. The van der Waals surface area contributed by atoms with Crippen molar-refractivity contribution in [3.8, 4) is 34.1 Å². The first-order chi connectivity index (χ1) is 23.7. The molecule has 0 atom stereocenters. The van der Waals surface area contributed by atoms with Gasteiger partial charge in [0, 0.05) is 39.6 Å². The predicted molar refractivity (Wildman–Crippen MR) is 196 cm³/mol. The van der Waals surface area contributed by atoms with E-state index in [9.17, 15) is 0 Å². The van der Waals surface area contributed by atoms with E-state index in [2.05, 4.69) is 139 Å². The molecule has 0 spiro atoms. The molecule has 0 unspecified atom stereocenters. The molecule has 0 saturated heterocycles. The van der Waals surface area contributed by atoms with Crippen molar-refractivity contribution in [1.29, 1.82) is 0 Å². The molecular weight excluding hydrogens is 589 g/mol. The normalized spacial score (nSPS) is 12.6. The highest BCUT2D eigenvalue weighted by atomic mass is 16.5. The number of furan rings is 1. The van der Waals surface area contributed by atoms with Gasteiger partial charge in [0.05, 0.1) is 11.4 Å². The zero-order valence-corrected chi connectivity index (χ0v) is 26.2. The Morgan fingerprint density at radius 2 is 1.15 bits per heavy atom. The highest BCUT2D eigenvalue weighted by Crippen LogP contribution is 2.49. The topological polar surface area (TPSA) is 34.8 Å². The van der Waals surface area contributed by atoms with Crippen molar-refractivity contribution in [2.24, 2.45) is 0 Å². The largest absolute Gasteiger partial charge is 0.458 e. The maximum atomic E-state index is 6.73. The maximum absolute atomic E-state index is 6.73. The number of benzene rings is 7. The fraction of sp³-hybridized carbons (Fsp3) is 0.0233. The molecule has 8 aromatic rings. The zero-order valence-electron chi connectivity index (χ0n) is 26.2. The number of rotatable bonds is 4. The molecule has 226 valence electrons. The number of fused-ring (bicyclic) bond motifs is 7. The maximum Gasteiger partial charge on any atom is 0.260 e. The third kappa shape index (κ3) is 4.04. The van der Waals surface area contributed by atoms with Gasteiger partial charge in [-0.05, 0) is 65.9 Å². The van der Waals surface area contributed by atoms with E-state index < -0.39 is 0 Å². The number of hydrogen-bond acceptors (Lipinski definition) is 4. The number of hydrogen-bond donors (Lipinski definition) is 0. The Hall–Kier alpha value is -6.20. The van der Waals surface area contributed by atoms with E-state index in [1.165, 1.54) is 5.56 Å². The van der Waals surface area contributed by atoms with Crippen molar-refractivity contribution in [1.82, 2.24) is 0 Å². The Balaban J connectivity index is 1.27. The van der Waals surface area contributed by atoms with Crippen molar-refractivity contribution < 1.29 is 13.9 Å². The molecule has 0 saturated carbocycles. The van der Waals surface area contributed by atoms with Crippen LogP contribution in [0.25, 0.3) is 33.1 Å². The van der Waals surface area contributed by atoms with Gasteiger partial charge in [-0.2, -0.15) is 0 Å². The van der Waals surface area contributed by atoms with Crippen LogP contribution in [-0.2, 0) is 0 Å². The predicted octanol–water partition coefficient (Wildman–Crippen LogP) is 9.76. The summed E-state index contributed by atoms with van der Waals surface area (Å²) in [6, 6.07) is 52.9. The second-order valence-corrected chi connectivity index (χ2v) is 12.5. The molecule has 2 aliphatic rings. The Bertz CT molecular complexity index is 2470. The van der Waals surface area contributed by atoms with E-state index in [0.29, 0.717) is 0 Å². The van der Waals surface area contributed by atoms with Gasteiger partial charge in [0.2, 0.25) is 0 Å². The van der Waals surface area contributed by atoms with Gasteiger partial charge in [0.1, 0.15) is 34.2 Å². The van der Waals surface area contributed by atoms with Crippen molar-refractivity contribution in [2.75, 3.05) is 4.90 Å². The van der Waals surface area contributed by atoms with Crippen molar-refractivity contribution >= 4 is 62.1 Å². The third-order valence-electron chi connectivity index (χ3n) is 9.65. The molecule has 0 bridgehead atoms. The molecule has 0 aliphatic carbocycles. The molecule has 7 aromatic carbocycles. The van der Waals surface area contributed by atoms with Crippen LogP contribution < -0.4 is 30.8 Å². The Labute approximate surface area is 278 Å². The summed E-state index contributed by atoms with van der Waals surface area (Å²) in [7, 11) is 0. The molecule has 0 amide bonds. The summed E-state index contributed by atoms with van der Waals surface area (Å²) in [6.45, 7) is 2.13. The van der Waals surface area contributed by atoms with Crippen LogP contribution in [0.1, 0.15) is 5.56 Å². The first-order valence-electron chi connectivity index (χ1n) is 16.3. The van der Waals surface area contributed by atoms with Gasteiger partial charge >= 0.3 is 0 Å². The first-order valence-corrected chi connectivity index (χ1v) is 16.3. The SMILES string of the molecule is Cc1ccc(N(c2cc3c4c(c2)Oc2ccccc2B4c2ccccc2O3)c2ccc3oc4ccccc4c3c2-c2ccccc2)cc1. The smallest absolute Gasteiger partial charge is 0.260 e. The van der Waals surface area contributed by atoms with E-state index >= 15 is 0 Å². The summed E-state index contributed by atoms with van der Waals surface area (Å²) in [5.41, 5.74) is 11.5. The summed E-state index contributed by atoms with van der Waals surface area (Å²) in [5, 5.41) is 2.17. The number of anilines is 3. The van der Waals surface area contributed by atoms with Crippen LogP contribution >= 0.6 is 0 Å². The minimum atomic E-state index is 0.0142. The molecule has 48 heavy (non-hydrogen) atoms. The van der Waals surface area contributed by atoms with Gasteiger partial charge in [-0.3, -0.25) is 0 Å². The van der Waals surface area contributed by atoms with Gasteiger partial charge in [-0.15, -0.1) is 0 Å². The van der Waals surface area contributed by atoms with Gasteiger partial charge in [-0.1, -0.05) is 103 Å². The van der Waals surface area contributed by atoms with Gasteiger partial charge in [-0.25, -0.2) is 0 Å². The number of ether oxygens (including phenoxy) is 2. The molecule has 5 heteroatoms. The monoisotopic (exact) mass is 617 g/mol. The molecule has 0 N–H and O–H groups in total. The lowest BCUT2D eigenvalue weighted by atomic mass is 9.35. The summed E-state index contributed by atoms with van der Waals surface area (Å²) < 4.78 is 19.9. The second-order valence-electron chi connectivity index (χ2n) is 12.5. The van der Waals surface area contributed by atoms with Crippen LogP contribution in [0.15, 0.2) is 156 Å². The highest BCUT2D eigenvalue weighted by molar-refractivity contribution is 6.98. The number of nitrogens with zero attached hydrogens (tertiary/aromatic N) is 1. The third-order valence-corrected chi connectivity index (χ3v) is 9.65. The lowest BCUT2D eigenvalue weighted by molar-refractivity contribution is 0.465. The molecule has 3 heterocycles. The quantitative estimate of drug-likeness (QED) is 0.184. The van der Waals surface area contributed by atoms with Crippen LogP contribution in [0.4, 0.5) is 17.1 Å². The standard InChI is InChI=1S/C43H28BNO3/c1-27-19-21-29(22-20-27)45(34-23-24-38-42(31-13-5-8-16-35(31)46-38)41(34)28-11-3-2-4-12-28)30-25-39-43-40(26-30)48-37-18-10-7-15-33(37)44(43)32-14-6-9-17-36(32)47-39/h2-26H,1H3. The summed E-state index contributed by atoms with van der Waals surface area (Å²) in [6.07, 6.45) is 0. The van der Waals surface area contributed by atoms with Gasteiger partial charge in [0.15, 0.2) is 0 Å². The lowest BCUT2D eigenvalue weighted by Crippen LogP contribution is -2.57. The molecule has 0 fully saturated rings. The second kappa shape index (κ2) is 10.4. The summed E-state index contributed by atoms with van der Waals surface area (Å²) in [5.74, 6) is 3.34. The van der Waals surface area contributed by atoms with Crippen molar-refractivity contribution in [3.05, 3.63) is 157 Å². The lowest BCUT2D eigenvalue weighted by Gasteiger charge is -2.35. The Morgan fingerprint density at radius 3 is 1.85 bits per heavy atom. The first kappa shape index (κ1) is 27.0. The van der Waals surface area contributed by atoms with Crippen LogP contribution in [0.5, 0.6) is 23.0 Å². The van der Waals surface area contributed by atoms with Gasteiger partial charge < -0.3 is 18.8 Å². The minimum absolute atomic E-state index is 0.0142. The van der Waals surface area contributed by atoms with Crippen molar-refractivity contribution in [3.63, 3.8) is 0 Å². The fourth-order valence-electron chi connectivity index (χ4n) is 7.52. The van der Waals surface area contributed by atoms with E-state index in [4.69, 9.17) is 13.9 Å². The Kier molecular flexibility index (Phi) is 5.85. The average molecular weight is 618 g/mol. The average Bonchev–Trinajstić information content (AvgIpc) is 3.51. The molecule has 10 rings (SSSR count). The van der Waals surface area contributed by atoms with Gasteiger partial charge in [0.25, 0.3) is 6.71 Å². The zero-order chi connectivity index (χ0) is 31.8. The van der Waals surface area contributed by atoms with E-state index in [1.807, 2.05) is 24.3 Å². The van der Waals surface area contributed by atoms with Crippen LogP contribution in [0.2, 0.25) is 0 Å². The minimum Gasteiger partial charge on any atom is -0.458 e. The van der Waals surface area contributed by atoms with E-state index in [1.54, 1.807) is 0 Å². The molecule has 0 radical (unpaired) electrons. The summed E-state index contributed by atoms with van der Waals surface area (Å²) >= 11 is 0. The fourth-order valence-corrected chi connectivity index (χ4v) is 7.52. The van der Waals surface area contributed by atoms with Crippen molar-refractivity contribution in [2.45, 2.75) is 6.92 Å². The van der Waals surface area contributed by atoms with Crippen LogP contribution in [-0.4, -0.2) is 6.71 Å². The van der Waals surface area contributed by atoms with Crippen LogP contribution in [0, 0.1) is 6.92 Å². The Morgan fingerprint density at radius 1 is 0.521 bits per heavy atom. The summed E-state index contributed by atoms with van der Waals surface area (Å²) in [4.78, 5) is 2.32. The van der Waals surface area contributed by atoms with Crippen LogP contribution in [0.3, 0.4) is 0 Å². The van der Waals surface area contributed by atoms with E-state index in [0.717, 1.165) is 89.5 Å². The molecule has 1 aromatic heterocycles. The molecule has 4 nitrogen and oxygen atoms in total. The van der Waals surface area contributed by atoms with E-state index in [-0.39, 0.29) is 6.71 Å².